The van der Waals surface area contributed by atoms with Gasteiger partial charge in [0.2, 0.25) is 0 Å². The summed E-state index contributed by atoms with van der Waals surface area (Å²) in [5.74, 6) is -3.92. The van der Waals surface area contributed by atoms with E-state index in [1.54, 1.807) is 0 Å². The second kappa shape index (κ2) is 5.19. The van der Waals surface area contributed by atoms with Crippen LogP contribution in [0.1, 0.15) is 6.92 Å². The third-order valence-corrected chi connectivity index (χ3v) is 2.61. The van der Waals surface area contributed by atoms with Crippen molar-refractivity contribution in [2.75, 3.05) is 0 Å². The molecule has 106 valence electrons. The van der Waals surface area contributed by atoms with E-state index in [4.69, 9.17) is 5.11 Å². The lowest BCUT2D eigenvalue weighted by atomic mass is 10.0. The van der Waals surface area contributed by atoms with Crippen molar-refractivity contribution in [3.05, 3.63) is 16.9 Å². The number of nitrogens with zero attached hydrogens (tertiary/aromatic N) is 2. The zero-order valence-corrected chi connectivity index (χ0v) is 11.1. The topological polar surface area (TPSA) is 84.2 Å². The van der Waals surface area contributed by atoms with Gasteiger partial charge in [0.05, 0.1) is 17.2 Å². The standard InChI is InChI=1S/C9H9BrF3N3O3/c1-8(7(18)19,15-6(17)9(11,12)13)4-16-3-5(10)2-14-16/h2-3H,4H2,1H3,(H,15,17)(H,18,19). The summed E-state index contributed by atoms with van der Waals surface area (Å²) in [4.78, 5) is 21.9. The molecule has 6 nitrogen and oxygen atoms in total. The number of alkyl halides is 3. The van der Waals surface area contributed by atoms with Crippen LogP contribution in [0.5, 0.6) is 0 Å². The van der Waals surface area contributed by atoms with Crippen molar-refractivity contribution in [3.63, 3.8) is 0 Å². The normalized spacial score (nSPS) is 14.8. The van der Waals surface area contributed by atoms with Crippen molar-refractivity contribution < 1.29 is 27.9 Å². The molecule has 0 aliphatic rings. The van der Waals surface area contributed by atoms with Gasteiger partial charge in [-0.15, -0.1) is 0 Å². The van der Waals surface area contributed by atoms with Gasteiger partial charge in [-0.3, -0.25) is 9.48 Å². The molecule has 0 saturated heterocycles. The number of carbonyl (C=O) groups excluding carboxylic acids is 1. The Morgan fingerprint density at radius 2 is 2.11 bits per heavy atom. The highest BCUT2D eigenvalue weighted by Crippen LogP contribution is 2.18. The van der Waals surface area contributed by atoms with Crippen LogP contribution in [0.3, 0.4) is 0 Å². The fraction of sp³-hybridized carbons (Fsp3) is 0.444. The Bertz CT molecular complexity index is 502. The maximum atomic E-state index is 12.2. The van der Waals surface area contributed by atoms with E-state index in [2.05, 4.69) is 21.0 Å². The van der Waals surface area contributed by atoms with E-state index in [1.165, 1.54) is 17.7 Å². The molecule has 1 rings (SSSR count). The molecular formula is C9H9BrF3N3O3. The van der Waals surface area contributed by atoms with Crippen LogP contribution >= 0.6 is 15.9 Å². The average molecular weight is 344 g/mol. The fourth-order valence-electron chi connectivity index (χ4n) is 1.23. The molecule has 10 heteroatoms. The number of carboxylic acid groups (broad SMARTS) is 1. The summed E-state index contributed by atoms with van der Waals surface area (Å²) in [5.41, 5.74) is -2.13. The number of amides is 1. The summed E-state index contributed by atoms with van der Waals surface area (Å²) in [5, 5.41) is 14.2. The number of halogens is 4. The van der Waals surface area contributed by atoms with E-state index < -0.39 is 30.1 Å². The Balaban J connectivity index is 2.92. The molecule has 1 unspecified atom stereocenters. The molecule has 0 aromatic carbocycles. The lowest BCUT2D eigenvalue weighted by Gasteiger charge is -2.26. The smallest absolute Gasteiger partial charge is 0.471 e. The predicted octanol–water partition coefficient (Wildman–Crippen LogP) is 1.17. The van der Waals surface area contributed by atoms with Gasteiger partial charge in [0.15, 0.2) is 5.54 Å². The van der Waals surface area contributed by atoms with Gasteiger partial charge in [0, 0.05) is 6.20 Å². The molecule has 1 aromatic rings. The molecule has 0 radical (unpaired) electrons. The second-order valence-electron chi connectivity index (χ2n) is 3.95. The molecule has 1 amide bonds. The Kier molecular flexibility index (Phi) is 4.23. The van der Waals surface area contributed by atoms with Gasteiger partial charge >= 0.3 is 18.1 Å². The number of carboxylic acids is 1. The predicted molar refractivity (Wildman–Crippen MR) is 60.2 cm³/mol. The zero-order chi connectivity index (χ0) is 14.8. The first kappa shape index (κ1) is 15.5. The minimum Gasteiger partial charge on any atom is -0.479 e. The largest absolute Gasteiger partial charge is 0.479 e. The van der Waals surface area contributed by atoms with Crippen molar-refractivity contribution in [1.29, 1.82) is 0 Å². The van der Waals surface area contributed by atoms with Crippen molar-refractivity contribution >= 4 is 27.8 Å². The summed E-state index contributed by atoms with van der Waals surface area (Å²) in [7, 11) is 0. The molecule has 0 aliphatic heterocycles. The third kappa shape index (κ3) is 3.94. The molecule has 0 aliphatic carbocycles. The molecule has 1 aromatic heterocycles. The third-order valence-electron chi connectivity index (χ3n) is 2.20. The Labute approximate surface area is 113 Å². The van der Waals surface area contributed by atoms with Crippen LogP contribution in [-0.4, -0.2) is 38.5 Å². The van der Waals surface area contributed by atoms with Gasteiger partial charge in [0.25, 0.3) is 0 Å². The summed E-state index contributed by atoms with van der Waals surface area (Å²) >= 11 is 3.06. The van der Waals surface area contributed by atoms with Crippen molar-refractivity contribution in [1.82, 2.24) is 15.1 Å². The molecule has 19 heavy (non-hydrogen) atoms. The average Bonchev–Trinajstić information content (AvgIpc) is 2.61. The van der Waals surface area contributed by atoms with Crippen LogP contribution in [0.2, 0.25) is 0 Å². The number of hydrogen-bond acceptors (Lipinski definition) is 3. The van der Waals surface area contributed by atoms with Crippen molar-refractivity contribution in [2.24, 2.45) is 0 Å². The van der Waals surface area contributed by atoms with Gasteiger partial charge in [-0.2, -0.15) is 18.3 Å². The molecule has 0 saturated carbocycles. The molecular weight excluding hydrogens is 335 g/mol. The number of aliphatic carboxylic acids is 1. The SMILES string of the molecule is CC(Cn1cc(Br)cn1)(NC(=O)C(F)(F)F)C(=O)O. The lowest BCUT2D eigenvalue weighted by Crippen LogP contribution is -2.58. The molecule has 1 atom stereocenters. The summed E-state index contributed by atoms with van der Waals surface area (Å²) in [6.07, 6.45) is -2.43. The van der Waals surface area contributed by atoms with Gasteiger partial charge in [0.1, 0.15) is 0 Å². The Hall–Kier alpha value is -1.58. The Morgan fingerprint density at radius 3 is 2.47 bits per heavy atom. The molecule has 0 spiro atoms. The number of rotatable bonds is 4. The van der Waals surface area contributed by atoms with Gasteiger partial charge in [-0.1, -0.05) is 0 Å². The molecule has 1 heterocycles. The molecule has 0 fully saturated rings. The van der Waals surface area contributed by atoms with E-state index in [-0.39, 0.29) is 0 Å². The highest BCUT2D eigenvalue weighted by atomic mass is 79.9. The van der Waals surface area contributed by atoms with E-state index in [1.807, 2.05) is 0 Å². The first-order valence-corrected chi connectivity index (χ1v) is 5.64. The Morgan fingerprint density at radius 1 is 1.53 bits per heavy atom. The molecule has 0 bridgehead atoms. The van der Waals surface area contributed by atoms with E-state index in [0.29, 0.717) is 4.47 Å². The first-order chi connectivity index (χ1) is 8.54. The number of nitrogens with one attached hydrogen (secondary N) is 1. The summed E-state index contributed by atoms with van der Waals surface area (Å²) < 4.78 is 38.1. The van der Waals surface area contributed by atoms with Crippen LogP contribution < -0.4 is 5.32 Å². The van der Waals surface area contributed by atoms with E-state index >= 15 is 0 Å². The number of aromatic nitrogens is 2. The highest BCUT2D eigenvalue weighted by Gasteiger charge is 2.45. The first-order valence-electron chi connectivity index (χ1n) is 4.85. The number of carbonyl (C=O) groups is 2. The maximum absolute atomic E-state index is 12.2. The minimum atomic E-state index is -5.15. The monoisotopic (exact) mass is 343 g/mol. The molecule has 2 N–H and O–H groups in total. The fourth-order valence-corrected chi connectivity index (χ4v) is 1.56. The van der Waals surface area contributed by atoms with Crippen LogP contribution in [0.4, 0.5) is 13.2 Å². The van der Waals surface area contributed by atoms with E-state index in [0.717, 1.165) is 11.6 Å². The maximum Gasteiger partial charge on any atom is 0.471 e. The summed E-state index contributed by atoms with van der Waals surface area (Å²) in [6.45, 7) is 0.518. The van der Waals surface area contributed by atoms with Crippen molar-refractivity contribution in [3.8, 4) is 0 Å². The highest BCUT2D eigenvalue weighted by molar-refractivity contribution is 9.10. The van der Waals surface area contributed by atoms with E-state index in [9.17, 15) is 22.8 Å². The van der Waals surface area contributed by atoms with Crippen LogP contribution in [0.15, 0.2) is 16.9 Å². The van der Waals surface area contributed by atoms with Gasteiger partial charge in [-0.05, 0) is 22.9 Å². The summed E-state index contributed by atoms with van der Waals surface area (Å²) in [6, 6.07) is 0. The van der Waals surface area contributed by atoms with Crippen LogP contribution in [0, 0.1) is 0 Å². The zero-order valence-electron chi connectivity index (χ0n) is 9.53. The number of hydrogen-bond donors (Lipinski definition) is 2. The van der Waals surface area contributed by atoms with Crippen LogP contribution in [-0.2, 0) is 16.1 Å². The van der Waals surface area contributed by atoms with Gasteiger partial charge in [-0.25, -0.2) is 4.79 Å². The lowest BCUT2D eigenvalue weighted by molar-refractivity contribution is -0.177. The second-order valence-corrected chi connectivity index (χ2v) is 4.86. The van der Waals surface area contributed by atoms with Crippen molar-refractivity contribution in [2.45, 2.75) is 25.2 Å². The van der Waals surface area contributed by atoms with Crippen LogP contribution in [0.25, 0.3) is 0 Å². The quantitative estimate of drug-likeness (QED) is 0.859. The van der Waals surface area contributed by atoms with Gasteiger partial charge < -0.3 is 10.4 Å². The minimum absolute atomic E-state index is 0.449.